The molecule has 0 aliphatic carbocycles. The Hall–Kier alpha value is -2.57. The lowest BCUT2D eigenvalue weighted by atomic mass is 9.98. The van der Waals surface area contributed by atoms with Gasteiger partial charge in [0.15, 0.2) is 0 Å². The normalized spacial score (nSPS) is 19.4. The van der Waals surface area contributed by atoms with E-state index in [1.807, 2.05) is 58.3 Å². The number of rotatable bonds is 6. The maximum Gasteiger partial charge on any atom is 0.324 e. The Kier molecular flexibility index (Phi) is 7.33. The Morgan fingerprint density at radius 3 is 2.62 bits per heavy atom. The van der Waals surface area contributed by atoms with Crippen molar-refractivity contribution in [2.75, 3.05) is 31.1 Å². The van der Waals surface area contributed by atoms with E-state index < -0.39 is 0 Å². The number of halogens is 1. The Morgan fingerprint density at radius 2 is 1.84 bits per heavy atom. The van der Waals surface area contributed by atoms with Gasteiger partial charge in [-0.3, -0.25) is 9.69 Å². The van der Waals surface area contributed by atoms with Crippen LogP contribution in [0.2, 0.25) is 5.02 Å². The molecule has 1 N–H and O–H groups in total. The maximum atomic E-state index is 13.3. The summed E-state index contributed by atoms with van der Waals surface area (Å²) in [6, 6.07) is 15.0. The molecule has 32 heavy (non-hydrogen) atoms. The van der Waals surface area contributed by atoms with Crippen LogP contribution in [-0.4, -0.2) is 59.1 Å². The van der Waals surface area contributed by atoms with Gasteiger partial charge < -0.3 is 14.9 Å². The van der Waals surface area contributed by atoms with E-state index >= 15 is 0 Å². The Morgan fingerprint density at radius 1 is 1.03 bits per heavy atom. The lowest BCUT2D eigenvalue weighted by Crippen LogP contribution is -2.49. The summed E-state index contributed by atoms with van der Waals surface area (Å²) in [6.45, 7) is 2.66. The van der Waals surface area contributed by atoms with Crippen LogP contribution < -0.4 is 4.90 Å². The summed E-state index contributed by atoms with van der Waals surface area (Å²) in [5, 5.41) is 10.1. The molecular weight excluding hydrogens is 426 g/mol. The van der Waals surface area contributed by atoms with Crippen LogP contribution in [0.3, 0.4) is 0 Å². The van der Waals surface area contributed by atoms with Crippen LogP contribution in [0.5, 0.6) is 0 Å². The Labute approximate surface area is 194 Å². The monoisotopic (exact) mass is 455 g/mol. The highest BCUT2D eigenvalue weighted by Crippen LogP contribution is 2.26. The number of nitrogens with zero attached hydrogens (tertiary/aromatic N) is 3. The van der Waals surface area contributed by atoms with E-state index in [0.29, 0.717) is 43.2 Å². The van der Waals surface area contributed by atoms with Crippen molar-refractivity contribution in [3.8, 4) is 0 Å². The second kappa shape index (κ2) is 10.4. The molecule has 2 aromatic rings. The smallest absolute Gasteiger partial charge is 0.324 e. The quantitative estimate of drug-likeness (QED) is 0.695. The second-order valence-electron chi connectivity index (χ2n) is 8.55. The first-order valence-electron chi connectivity index (χ1n) is 11.4. The van der Waals surface area contributed by atoms with Gasteiger partial charge in [0.05, 0.1) is 0 Å². The average molecular weight is 456 g/mol. The first kappa shape index (κ1) is 22.6. The van der Waals surface area contributed by atoms with E-state index in [1.54, 1.807) is 4.90 Å². The molecule has 0 spiro atoms. The number of benzene rings is 2. The molecule has 0 radical (unpaired) electrons. The summed E-state index contributed by atoms with van der Waals surface area (Å²) >= 11 is 5.98. The van der Waals surface area contributed by atoms with Crippen LogP contribution in [0.25, 0.3) is 0 Å². The van der Waals surface area contributed by atoms with E-state index in [0.717, 1.165) is 36.9 Å². The fourth-order valence-electron chi connectivity index (χ4n) is 4.67. The van der Waals surface area contributed by atoms with Gasteiger partial charge in [-0.15, -0.1) is 0 Å². The average Bonchev–Trinajstić information content (AvgIpc) is 2.82. The lowest BCUT2D eigenvalue weighted by Gasteiger charge is -2.37. The first-order valence-corrected chi connectivity index (χ1v) is 11.8. The topological polar surface area (TPSA) is 64.1 Å². The molecule has 2 fully saturated rings. The third kappa shape index (κ3) is 5.08. The predicted octanol–water partition coefficient (Wildman–Crippen LogP) is 4.55. The first-order chi connectivity index (χ1) is 15.6. The van der Waals surface area contributed by atoms with Crippen molar-refractivity contribution in [2.45, 2.75) is 44.7 Å². The van der Waals surface area contributed by atoms with Gasteiger partial charge in [-0.05, 0) is 68.0 Å². The summed E-state index contributed by atoms with van der Waals surface area (Å²) in [4.78, 5) is 32.0. The molecule has 2 aliphatic heterocycles. The summed E-state index contributed by atoms with van der Waals surface area (Å²) in [5.74, 6) is -0.0209. The number of aliphatic hydroxyl groups is 1. The molecule has 4 rings (SSSR count). The van der Waals surface area contributed by atoms with Crippen LogP contribution in [0.4, 0.5) is 10.5 Å². The van der Waals surface area contributed by atoms with Crippen molar-refractivity contribution in [1.29, 1.82) is 0 Å². The number of piperidine rings is 1. The zero-order chi connectivity index (χ0) is 22.5. The van der Waals surface area contributed by atoms with Crippen molar-refractivity contribution in [3.63, 3.8) is 0 Å². The van der Waals surface area contributed by atoms with Crippen LogP contribution in [0, 0.1) is 0 Å². The molecule has 170 valence electrons. The molecule has 2 aliphatic rings. The predicted molar refractivity (Wildman–Crippen MR) is 126 cm³/mol. The molecule has 1 atom stereocenters. The molecule has 0 unspecified atom stereocenters. The molecule has 0 bridgehead atoms. The van der Waals surface area contributed by atoms with Crippen molar-refractivity contribution < 1.29 is 14.7 Å². The number of urea groups is 1. The minimum atomic E-state index is -0.0491. The van der Waals surface area contributed by atoms with E-state index in [4.69, 9.17) is 11.6 Å². The number of amides is 3. The van der Waals surface area contributed by atoms with Crippen molar-refractivity contribution in [3.05, 3.63) is 64.7 Å². The van der Waals surface area contributed by atoms with E-state index in [1.165, 1.54) is 0 Å². The summed E-state index contributed by atoms with van der Waals surface area (Å²) in [6.07, 6.45) is 4.46. The van der Waals surface area contributed by atoms with Crippen LogP contribution in [0.15, 0.2) is 48.5 Å². The number of hydrogen-bond acceptors (Lipinski definition) is 3. The van der Waals surface area contributed by atoms with E-state index in [2.05, 4.69) is 0 Å². The van der Waals surface area contributed by atoms with E-state index in [9.17, 15) is 14.7 Å². The molecule has 2 aromatic carbocycles. The van der Waals surface area contributed by atoms with E-state index in [-0.39, 0.29) is 24.6 Å². The van der Waals surface area contributed by atoms with Gasteiger partial charge in [0.25, 0.3) is 5.91 Å². The Bertz CT molecular complexity index is 948. The highest BCUT2D eigenvalue weighted by molar-refractivity contribution is 6.30. The van der Waals surface area contributed by atoms with Crippen molar-refractivity contribution in [2.24, 2.45) is 0 Å². The van der Waals surface area contributed by atoms with Crippen molar-refractivity contribution >= 4 is 29.2 Å². The zero-order valence-corrected chi connectivity index (χ0v) is 19.0. The molecule has 0 saturated carbocycles. The van der Waals surface area contributed by atoms with Crippen molar-refractivity contribution in [1.82, 2.24) is 9.80 Å². The SMILES string of the molecule is O=C1N(Cc2ccc(Cl)cc2)CCCN1c1cccc(C(=O)N2CCCC[C@@H]2CCO)c1. The number of carbonyl (C=O) groups is 2. The largest absolute Gasteiger partial charge is 0.396 e. The van der Waals surface area contributed by atoms with Crippen LogP contribution in [0.1, 0.15) is 48.0 Å². The van der Waals surface area contributed by atoms with Gasteiger partial charge in [0.1, 0.15) is 0 Å². The van der Waals surface area contributed by atoms with Gasteiger partial charge >= 0.3 is 6.03 Å². The van der Waals surface area contributed by atoms with Crippen LogP contribution >= 0.6 is 11.6 Å². The number of anilines is 1. The molecule has 0 aromatic heterocycles. The third-order valence-electron chi connectivity index (χ3n) is 6.35. The van der Waals surface area contributed by atoms with Gasteiger partial charge in [0, 0.05) is 55.1 Å². The standard InChI is InChI=1S/C25H30ClN3O3/c26-21-10-8-19(9-11-21)18-27-13-4-15-29(25(27)32)23-7-3-5-20(17-23)24(31)28-14-2-1-6-22(28)12-16-30/h3,5,7-11,17,22,30H,1-2,4,6,12-16,18H2/t22-/m1/s1. The summed E-state index contributed by atoms with van der Waals surface area (Å²) < 4.78 is 0. The highest BCUT2D eigenvalue weighted by Gasteiger charge is 2.29. The summed E-state index contributed by atoms with van der Waals surface area (Å²) in [7, 11) is 0. The van der Waals surface area contributed by atoms with Gasteiger partial charge in [-0.1, -0.05) is 29.8 Å². The molecule has 7 heteroatoms. The fraction of sp³-hybridized carbons (Fsp3) is 0.440. The minimum Gasteiger partial charge on any atom is -0.396 e. The third-order valence-corrected chi connectivity index (χ3v) is 6.60. The molecule has 2 heterocycles. The van der Waals surface area contributed by atoms with Crippen LogP contribution in [-0.2, 0) is 6.54 Å². The maximum absolute atomic E-state index is 13.3. The van der Waals surface area contributed by atoms with Gasteiger partial charge in [-0.2, -0.15) is 0 Å². The number of carbonyl (C=O) groups excluding carboxylic acids is 2. The Balaban J connectivity index is 1.49. The molecule has 2 saturated heterocycles. The lowest BCUT2D eigenvalue weighted by molar-refractivity contribution is 0.0574. The molecule has 6 nitrogen and oxygen atoms in total. The summed E-state index contributed by atoms with van der Waals surface area (Å²) in [5.41, 5.74) is 2.38. The van der Waals surface area contributed by atoms with Gasteiger partial charge in [-0.25, -0.2) is 4.79 Å². The molecule has 3 amide bonds. The minimum absolute atomic E-state index is 0.0209. The second-order valence-corrected chi connectivity index (χ2v) is 8.98. The number of hydrogen-bond donors (Lipinski definition) is 1. The fourth-order valence-corrected chi connectivity index (χ4v) is 4.79. The zero-order valence-electron chi connectivity index (χ0n) is 18.3. The highest BCUT2D eigenvalue weighted by atomic mass is 35.5. The number of aliphatic hydroxyl groups excluding tert-OH is 1. The van der Waals surface area contributed by atoms with Gasteiger partial charge in [0.2, 0.25) is 0 Å². The molecular formula is C25H30ClN3O3. The number of likely N-dealkylation sites (tertiary alicyclic amines) is 1.